The average molecular weight is 395 g/mol. The number of H-pyrrole nitrogens is 1. The first-order valence-corrected chi connectivity index (χ1v) is 9.76. The quantitative estimate of drug-likeness (QED) is 0.448. The Labute approximate surface area is 169 Å². The Morgan fingerprint density at radius 1 is 1.14 bits per heavy atom. The second kappa shape index (κ2) is 9.47. The van der Waals surface area contributed by atoms with E-state index in [1.807, 2.05) is 51.1 Å². The Morgan fingerprint density at radius 2 is 1.83 bits per heavy atom. The molecule has 0 unspecified atom stereocenters. The van der Waals surface area contributed by atoms with Crippen molar-refractivity contribution in [3.63, 3.8) is 0 Å². The van der Waals surface area contributed by atoms with Gasteiger partial charge in [-0.2, -0.15) is 0 Å². The molecule has 1 N–H and O–H groups in total. The third kappa shape index (κ3) is 5.09. The highest BCUT2D eigenvalue weighted by Crippen LogP contribution is 2.21. The molecule has 1 heterocycles. The van der Waals surface area contributed by atoms with E-state index in [4.69, 9.17) is 4.74 Å². The molecule has 5 nitrogen and oxygen atoms in total. The zero-order chi connectivity index (χ0) is 20.8. The Kier molecular flexibility index (Phi) is 6.77. The van der Waals surface area contributed by atoms with Crippen molar-refractivity contribution in [1.29, 1.82) is 0 Å². The number of aliphatic imine (C=N–C) groups is 1. The molecule has 0 saturated carbocycles. The van der Waals surface area contributed by atoms with E-state index in [1.165, 1.54) is 16.8 Å². The van der Waals surface area contributed by atoms with Gasteiger partial charge in [-0.05, 0) is 51.5 Å². The monoisotopic (exact) mass is 395 g/mol. The number of ether oxygens (including phenoxy) is 1. The first kappa shape index (κ1) is 20.7. The van der Waals surface area contributed by atoms with Gasteiger partial charge in [-0.25, -0.2) is 9.07 Å². The molecule has 3 rings (SSSR count). The number of halogens is 1. The van der Waals surface area contributed by atoms with Crippen LogP contribution in [0.25, 0.3) is 16.9 Å². The average Bonchev–Trinajstić information content (AvgIpc) is 3.06. The summed E-state index contributed by atoms with van der Waals surface area (Å²) in [5, 5.41) is 3.18. The highest BCUT2D eigenvalue weighted by molar-refractivity contribution is 6.03. The van der Waals surface area contributed by atoms with E-state index in [-0.39, 0.29) is 17.5 Å². The minimum atomic E-state index is -0.349. The maximum absolute atomic E-state index is 13.3. The van der Waals surface area contributed by atoms with Crippen molar-refractivity contribution in [2.24, 2.45) is 4.99 Å². The van der Waals surface area contributed by atoms with Crippen molar-refractivity contribution in [3.8, 4) is 16.9 Å². The van der Waals surface area contributed by atoms with Crippen LogP contribution in [0.15, 0.2) is 64.4 Å². The van der Waals surface area contributed by atoms with Crippen LogP contribution in [0.1, 0.15) is 32.8 Å². The summed E-state index contributed by atoms with van der Waals surface area (Å²) in [7, 11) is 0. The lowest BCUT2D eigenvalue weighted by Crippen LogP contribution is -2.20. The molecule has 0 aliphatic heterocycles. The summed E-state index contributed by atoms with van der Waals surface area (Å²) < 4.78 is 20.3. The maximum atomic E-state index is 13.3. The van der Waals surface area contributed by atoms with Crippen LogP contribution >= 0.6 is 0 Å². The van der Waals surface area contributed by atoms with Gasteiger partial charge in [-0.3, -0.25) is 14.9 Å². The maximum Gasteiger partial charge on any atom is 0.280 e. The predicted octanol–water partition coefficient (Wildman–Crippen LogP) is 4.60. The largest absolute Gasteiger partial charge is 0.379 e. The molecular weight excluding hydrogens is 369 g/mol. The normalized spacial score (nSPS) is 12.0. The van der Waals surface area contributed by atoms with E-state index in [1.54, 1.807) is 12.1 Å². The first-order valence-electron chi connectivity index (χ1n) is 9.76. The van der Waals surface area contributed by atoms with Gasteiger partial charge in [0.15, 0.2) is 0 Å². The number of hydrogen-bond donors (Lipinski definition) is 1. The molecule has 0 aliphatic carbocycles. The van der Waals surface area contributed by atoms with Crippen LogP contribution in [0.3, 0.4) is 0 Å². The molecule has 0 spiro atoms. The van der Waals surface area contributed by atoms with E-state index in [9.17, 15) is 9.18 Å². The Balaban J connectivity index is 1.98. The minimum Gasteiger partial charge on any atom is -0.379 e. The molecule has 0 bridgehead atoms. The summed E-state index contributed by atoms with van der Waals surface area (Å²) in [6.45, 7) is 7.05. The van der Waals surface area contributed by atoms with Crippen LogP contribution in [0.5, 0.6) is 0 Å². The lowest BCUT2D eigenvalue weighted by Gasteiger charge is -2.06. The standard InChI is InChI=1S/C23H26FN3O2/c1-16(2)29-15-7-14-25-17(3)21-22(18-8-5-4-6-9-18)26-27(23(21)28)20-12-10-19(24)11-13-20/h4-6,8-13,16,26H,7,14-15H2,1-3H3. The molecule has 152 valence electrons. The molecule has 0 fully saturated rings. The lowest BCUT2D eigenvalue weighted by molar-refractivity contribution is 0.0783. The van der Waals surface area contributed by atoms with Crippen LogP contribution in [-0.4, -0.2) is 34.7 Å². The van der Waals surface area contributed by atoms with Crippen molar-refractivity contribution in [1.82, 2.24) is 9.78 Å². The minimum absolute atomic E-state index is 0.192. The first-order chi connectivity index (χ1) is 14.0. The van der Waals surface area contributed by atoms with Gasteiger partial charge in [0, 0.05) is 24.4 Å². The molecule has 29 heavy (non-hydrogen) atoms. The SMILES string of the molecule is CC(=NCCCOC(C)C)c1c(-c2ccccc2)[nH]n(-c2ccc(F)cc2)c1=O. The van der Waals surface area contributed by atoms with E-state index in [0.717, 1.165) is 12.0 Å². The van der Waals surface area contributed by atoms with Crippen molar-refractivity contribution < 1.29 is 9.13 Å². The second-order valence-electron chi connectivity index (χ2n) is 7.09. The summed E-state index contributed by atoms with van der Waals surface area (Å²) >= 11 is 0. The van der Waals surface area contributed by atoms with Gasteiger partial charge in [0.1, 0.15) is 5.82 Å². The van der Waals surface area contributed by atoms with Crippen molar-refractivity contribution in [2.45, 2.75) is 33.3 Å². The van der Waals surface area contributed by atoms with Crippen LogP contribution in [0.2, 0.25) is 0 Å². The van der Waals surface area contributed by atoms with E-state index < -0.39 is 0 Å². The molecule has 0 radical (unpaired) electrons. The van der Waals surface area contributed by atoms with Crippen molar-refractivity contribution >= 4 is 5.71 Å². The highest BCUT2D eigenvalue weighted by atomic mass is 19.1. The second-order valence-corrected chi connectivity index (χ2v) is 7.09. The van der Waals surface area contributed by atoms with Gasteiger partial charge in [0.05, 0.1) is 23.0 Å². The lowest BCUT2D eigenvalue weighted by atomic mass is 10.1. The van der Waals surface area contributed by atoms with Gasteiger partial charge < -0.3 is 4.74 Å². The number of aromatic nitrogens is 2. The molecule has 3 aromatic rings. The van der Waals surface area contributed by atoms with E-state index in [0.29, 0.717) is 35.8 Å². The number of benzene rings is 2. The third-order valence-corrected chi connectivity index (χ3v) is 4.50. The number of aromatic amines is 1. The summed E-state index contributed by atoms with van der Waals surface area (Å²) in [5.41, 5.74) is 3.12. The summed E-state index contributed by atoms with van der Waals surface area (Å²) in [6, 6.07) is 15.4. The summed E-state index contributed by atoms with van der Waals surface area (Å²) in [4.78, 5) is 17.8. The van der Waals surface area contributed by atoms with Crippen LogP contribution < -0.4 is 5.56 Å². The zero-order valence-corrected chi connectivity index (χ0v) is 17.0. The summed E-state index contributed by atoms with van der Waals surface area (Å²) in [6.07, 6.45) is 0.976. The molecule has 6 heteroatoms. The van der Waals surface area contributed by atoms with E-state index >= 15 is 0 Å². The Morgan fingerprint density at radius 3 is 2.48 bits per heavy atom. The smallest absolute Gasteiger partial charge is 0.280 e. The summed E-state index contributed by atoms with van der Waals surface area (Å²) in [5.74, 6) is -0.349. The predicted molar refractivity (Wildman–Crippen MR) is 115 cm³/mol. The van der Waals surface area contributed by atoms with Gasteiger partial charge in [-0.1, -0.05) is 30.3 Å². The van der Waals surface area contributed by atoms with Crippen molar-refractivity contribution in [3.05, 3.63) is 76.3 Å². The molecule has 1 aromatic heterocycles. The Bertz CT molecular complexity index is 1020. The fraction of sp³-hybridized carbons (Fsp3) is 0.304. The molecule has 0 saturated heterocycles. The fourth-order valence-corrected chi connectivity index (χ4v) is 3.07. The van der Waals surface area contributed by atoms with Crippen molar-refractivity contribution in [2.75, 3.05) is 13.2 Å². The molecule has 0 amide bonds. The molecule has 0 aliphatic rings. The number of hydrogen-bond acceptors (Lipinski definition) is 3. The number of rotatable bonds is 8. The Hall–Kier alpha value is -2.99. The zero-order valence-electron chi connectivity index (χ0n) is 17.0. The highest BCUT2D eigenvalue weighted by Gasteiger charge is 2.19. The third-order valence-electron chi connectivity index (χ3n) is 4.50. The number of nitrogens with one attached hydrogen (secondary N) is 1. The van der Waals surface area contributed by atoms with Gasteiger partial charge >= 0.3 is 0 Å². The van der Waals surface area contributed by atoms with Crippen LogP contribution in [-0.2, 0) is 4.74 Å². The van der Waals surface area contributed by atoms with Crippen LogP contribution in [0.4, 0.5) is 4.39 Å². The fourth-order valence-electron chi connectivity index (χ4n) is 3.07. The molecule has 0 atom stereocenters. The molecular formula is C23H26FN3O2. The van der Waals surface area contributed by atoms with Crippen LogP contribution in [0, 0.1) is 5.82 Å². The van der Waals surface area contributed by atoms with Gasteiger partial charge in [0.2, 0.25) is 0 Å². The van der Waals surface area contributed by atoms with Gasteiger partial charge in [0.25, 0.3) is 5.56 Å². The van der Waals surface area contributed by atoms with E-state index in [2.05, 4.69) is 10.1 Å². The number of nitrogens with zero attached hydrogens (tertiary/aromatic N) is 2. The topological polar surface area (TPSA) is 59.4 Å². The van der Waals surface area contributed by atoms with Gasteiger partial charge in [-0.15, -0.1) is 0 Å². The molecule has 2 aromatic carbocycles.